The molecule has 0 aliphatic carbocycles. The third kappa shape index (κ3) is 2.64. The van der Waals surface area contributed by atoms with Crippen molar-refractivity contribution in [2.24, 2.45) is 0 Å². The second-order valence-electron chi connectivity index (χ2n) is 4.99. The molecular weight excluding hydrogens is 232 g/mol. The Bertz CT molecular complexity index is 528. The molecular formula is C17H19N2-. The van der Waals surface area contributed by atoms with Crippen molar-refractivity contribution in [1.82, 2.24) is 4.90 Å². The van der Waals surface area contributed by atoms with E-state index >= 15 is 0 Å². The number of hydrogen-bond donors (Lipinski definition) is 0. The smallest absolute Gasteiger partial charge is 0.0446 e. The summed E-state index contributed by atoms with van der Waals surface area (Å²) in [6.07, 6.45) is 0. The first-order chi connectivity index (χ1) is 9.34. The molecule has 0 N–H and O–H groups in total. The van der Waals surface area contributed by atoms with Gasteiger partial charge in [0.25, 0.3) is 0 Å². The molecule has 3 rings (SSSR count). The predicted octanol–water partition coefficient (Wildman–Crippen LogP) is 3.27. The van der Waals surface area contributed by atoms with Gasteiger partial charge >= 0.3 is 0 Å². The molecule has 1 aliphatic rings. The van der Waals surface area contributed by atoms with Crippen molar-refractivity contribution in [3.05, 3.63) is 61.6 Å². The van der Waals surface area contributed by atoms with E-state index < -0.39 is 0 Å². The van der Waals surface area contributed by atoms with Crippen LogP contribution in [0.4, 0.5) is 5.69 Å². The zero-order chi connectivity index (χ0) is 13.1. The van der Waals surface area contributed by atoms with Gasteiger partial charge in [-0.3, -0.25) is 7.05 Å². The summed E-state index contributed by atoms with van der Waals surface area (Å²) in [5.74, 6) is 0. The molecule has 0 aromatic heterocycles. The van der Waals surface area contributed by atoms with Gasteiger partial charge in [-0.15, -0.1) is 0 Å². The zero-order valence-electron chi connectivity index (χ0n) is 11.1. The van der Waals surface area contributed by atoms with E-state index in [9.17, 15) is 0 Å². The predicted molar refractivity (Wildman–Crippen MR) is 81.0 cm³/mol. The van der Waals surface area contributed by atoms with Gasteiger partial charge in [-0.2, -0.15) is 0 Å². The highest BCUT2D eigenvalue weighted by Crippen LogP contribution is 2.31. The minimum Gasteiger partial charge on any atom is -0.456 e. The van der Waals surface area contributed by atoms with Crippen LogP contribution < -0.4 is 4.90 Å². The monoisotopic (exact) mass is 251 g/mol. The van der Waals surface area contributed by atoms with Gasteiger partial charge in [-0.1, -0.05) is 48.5 Å². The summed E-state index contributed by atoms with van der Waals surface area (Å²) in [4.78, 5) is 4.60. The van der Waals surface area contributed by atoms with Gasteiger partial charge in [0.15, 0.2) is 0 Å². The van der Waals surface area contributed by atoms with E-state index in [4.69, 9.17) is 0 Å². The Morgan fingerprint density at radius 3 is 2.11 bits per heavy atom. The first kappa shape index (κ1) is 12.2. The Morgan fingerprint density at radius 1 is 0.737 bits per heavy atom. The Morgan fingerprint density at radius 2 is 1.37 bits per heavy atom. The molecule has 0 spiro atoms. The molecule has 1 aliphatic heterocycles. The van der Waals surface area contributed by atoms with Gasteiger partial charge in [0.05, 0.1) is 0 Å². The highest BCUT2D eigenvalue weighted by atomic mass is 15.2. The topological polar surface area (TPSA) is 6.48 Å². The Kier molecular flexibility index (Phi) is 3.51. The maximum Gasteiger partial charge on any atom is 0.0446 e. The van der Waals surface area contributed by atoms with Crippen molar-refractivity contribution in [3.8, 4) is 11.1 Å². The third-order valence-corrected chi connectivity index (χ3v) is 3.70. The van der Waals surface area contributed by atoms with E-state index in [2.05, 4.69) is 71.4 Å². The summed E-state index contributed by atoms with van der Waals surface area (Å²) >= 11 is 0. The fourth-order valence-electron chi connectivity index (χ4n) is 2.60. The van der Waals surface area contributed by atoms with Crippen LogP contribution in [0.25, 0.3) is 11.1 Å². The van der Waals surface area contributed by atoms with Gasteiger partial charge in [0.2, 0.25) is 0 Å². The Balaban J connectivity index is 1.94. The molecule has 2 heteroatoms. The van der Waals surface area contributed by atoms with Crippen molar-refractivity contribution >= 4 is 5.69 Å². The van der Waals surface area contributed by atoms with Crippen molar-refractivity contribution in [2.45, 2.75) is 0 Å². The van der Waals surface area contributed by atoms with Crippen LogP contribution in [0, 0.1) is 7.05 Å². The van der Waals surface area contributed by atoms with Gasteiger partial charge in [-0.25, -0.2) is 0 Å². The average molecular weight is 251 g/mol. The molecule has 0 radical (unpaired) electrons. The highest BCUT2D eigenvalue weighted by molar-refractivity contribution is 5.78. The second kappa shape index (κ2) is 5.45. The molecule has 2 aromatic rings. The van der Waals surface area contributed by atoms with Crippen molar-refractivity contribution in [3.63, 3.8) is 0 Å². The van der Waals surface area contributed by atoms with Gasteiger partial charge in [0, 0.05) is 24.3 Å². The number of anilines is 1. The van der Waals surface area contributed by atoms with Crippen molar-refractivity contribution in [1.29, 1.82) is 0 Å². The summed E-state index contributed by atoms with van der Waals surface area (Å²) < 4.78 is 0. The number of benzene rings is 2. The third-order valence-electron chi connectivity index (χ3n) is 3.70. The number of piperazine rings is 1. The second-order valence-corrected chi connectivity index (χ2v) is 4.99. The van der Waals surface area contributed by atoms with Crippen LogP contribution in [0.15, 0.2) is 54.6 Å². The van der Waals surface area contributed by atoms with Crippen LogP contribution in [0.1, 0.15) is 0 Å². The lowest BCUT2D eigenvalue weighted by atomic mass is 10.0. The highest BCUT2D eigenvalue weighted by Gasteiger charge is 2.15. The van der Waals surface area contributed by atoms with Crippen LogP contribution >= 0.6 is 0 Å². The van der Waals surface area contributed by atoms with E-state index in [1.54, 1.807) is 0 Å². The average Bonchev–Trinajstić information content (AvgIpc) is 2.49. The lowest BCUT2D eigenvalue weighted by Gasteiger charge is -2.39. The molecule has 0 saturated carbocycles. The van der Waals surface area contributed by atoms with Crippen LogP contribution in [0.5, 0.6) is 0 Å². The van der Waals surface area contributed by atoms with E-state index in [0.717, 1.165) is 26.2 Å². The lowest BCUT2D eigenvalue weighted by Crippen LogP contribution is -2.43. The summed E-state index contributed by atoms with van der Waals surface area (Å²) in [6.45, 7) is 4.16. The van der Waals surface area contributed by atoms with E-state index in [1.807, 2.05) is 0 Å². The minimum atomic E-state index is 1.03. The standard InChI is InChI=1S/C17H19N2/c1-18-11-13-19(14-12-18)17-10-6-5-9-16(17)15-7-3-2-4-8-15/h2-10H,1,11-14H2/q-1. The molecule has 1 saturated heterocycles. The molecule has 0 bridgehead atoms. The minimum absolute atomic E-state index is 1.03. The molecule has 2 aromatic carbocycles. The summed E-state index contributed by atoms with van der Waals surface area (Å²) in [6, 6.07) is 19.3. The van der Waals surface area contributed by atoms with Crippen molar-refractivity contribution in [2.75, 3.05) is 31.1 Å². The Hall–Kier alpha value is -1.80. The maximum atomic E-state index is 4.01. The molecule has 0 amide bonds. The molecule has 98 valence electrons. The van der Waals surface area contributed by atoms with E-state index in [1.165, 1.54) is 16.8 Å². The number of rotatable bonds is 2. The summed E-state index contributed by atoms with van der Waals surface area (Å²) in [5.41, 5.74) is 3.94. The molecule has 1 heterocycles. The van der Waals surface area contributed by atoms with Gasteiger partial charge < -0.3 is 9.80 Å². The van der Waals surface area contributed by atoms with E-state index in [0.29, 0.717) is 0 Å². The summed E-state index contributed by atoms with van der Waals surface area (Å²) in [7, 11) is 4.01. The first-order valence-corrected chi connectivity index (χ1v) is 6.79. The quantitative estimate of drug-likeness (QED) is 0.756. The van der Waals surface area contributed by atoms with Crippen LogP contribution in [0.2, 0.25) is 0 Å². The summed E-state index contributed by atoms with van der Waals surface area (Å²) in [5, 5.41) is 0. The molecule has 2 nitrogen and oxygen atoms in total. The van der Waals surface area contributed by atoms with Gasteiger partial charge in [-0.05, 0) is 24.7 Å². The lowest BCUT2D eigenvalue weighted by molar-refractivity contribution is 0.344. The van der Waals surface area contributed by atoms with Crippen LogP contribution in [-0.4, -0.2) is 31.1 Å². The van der Waals surface area contributed by atoms with Crippen LogP contribution in [-0.2, 0) is 0 Å². The van der Waals surface area contributed by atoms with Gasteiger partial charge in [0.1, 0.15) is 0 Å². The number of para-hydroxylation sites is 1. The Labute approximate surface area is 115 Å². The molecule has 19 heavy (non-hydrogen) atoms. The largest absolute Gasteiger partial charge is 0.456 e. The fraction of sp³-hybridized carbons (Fsp3) is 0.235. The SMILES string of the molecule is [CH2-]N1CCN(c2ccccc2-c2ccccc2)CC1. The van der Waals surface area contributed by atoms with Crippen LogP contribution in [0.3, 0.4) is 0 Å². The maximum absolute atomic E-state index is 4.01. The fourth-order valence-corrected chi connectivity index (χ4v) is 2.60. The normalized spacial score (nSPS) is 16.6. The first-order valence-electron chi connectivity index (χ1n) is 6.79. The molecule has 1 fully saturated rings. The van der Waals surface area contributed by atoms with E-state index in [-0.39, 0.29) is 0 Å². The van der Waals surface area contributed by atoms with Crippen molar-refractivity contribution < 1.29 is 0 Å². The zero-order valence-corrected chi connectivity index (χ0v) is 11.1. The molecule has 0 atom stereocenters. The molecule has 0 unspecified atom stereocenters. The number of hydrogen-bond acceptors (Lipinski definition) is 2. The number of nitrogens with zero attached hydrogens (tertiary/aromatic N) is 2.